The summed E-state index contributed by atoms with van der Waals surface area (Å²) < 4.78 is 44.1. The third-order valence-corrected chi connectivity index (χ3v) is 3.66. The number of benzene rings is 1. The fourth-order valence-electron chi connectivity index (χ4n) is 1.86. The molecule has 8 heteroatoms. The summed E-state index contributed by atoms with van der Waals surface area (Å²) in [5, 5.41) is 9.60. The molecule has 2 aromatic rings. The summed E-state index contributed by atoms with van der Waals surface area (Å²) in [6.45, 7) is 0. The molecule has 114 valence electrons. The topological polar surface area (TPSA) is 36.6 Å². The van der Waals surface area contributed by atoms with Gasteiger partial charge in [0.15, 0.2) is 5.75 Å². The molecule has 0 aliphatic rings. The van der Waals surface area contributed by atoms with Crippen LogP contribution in [0.1, 0.15) is 5.56 Å². The van der Waals surface area contributed by atoms with Crippen molar-refractivity contribution in [1.29, 1.82) is 0 Å². The molecule has 0 saturated heterocycles. The molecular formula is C13H10BrClF3NO2. The van der Waals surface area contributed by atoms with Crippen molar-refractivity contribution in [2.24, 2.45) is 0 Å². The summed E-state index contributed by atoms with van der Waals surface area (Å²) in [7, 11) is 3.30. The van der Waals surface area contributed by atoms with Crippen LogP contribution < -0.4 is 4.90 Å². The molecule has 0 bridgehead atoms. The van der Waals surface area contributed by atoms with Crippen LogP contribution in [0.2, 0.25) is 5.02 Å². The maximum Gasteiger partial charge on any atom is 0.417 e. The van der Waals surface area contributed by atoms with Crippen LogP contribution in [0.15, 0.2) is 27.3 Å². The summed E-state index contributed by atoms with van der Waals surface area (Å²) >= 11 is 8.60. The molecule has 0 radical (unpaired) electrons. The molecule has 0 spiro atoms. The van der Waals surface area contributed by atoms with Gasteiger partial charge in [-0.3, -0.25) is 0 Å². The van der Waals surface area contributed by atoms with Crippen LogP contribution >= 0.6 is 27.5 Å². The number of nitrogens with zero attached hydrogens (tertiary/aromatic N) is 1. The number of alkyl halides is 3. The lowest BCUT2D eigenvalue weighted by Gasteiger charge is -2.13. The molecule has 0 amide bonds. The first kappa shape index (κ1) is 16.0. The van der Waals surface area contributed by atoms with E-state index in [1.807, 2.05) is 0 Å². The molecule has 0 fully saturated rings. The van der Waals surface area contributed by atoms with Gasteiger partial charge in [-0.1, -0.05) is 17.7 Å². The largest absolute Gasteiger partial charge is 0.503 e. The minimum absolute atomic E-state index is 0.0460. The summed E-state index contributed by atoms with van der Waals surface area (Å²) in [4.78, 5) is 1.54. The lowest BCUT2D eigenvalue weighted by atomic mass is 10.0. The van der Waals surface area contributed by atoms with E-state index in [9.17, 15) is 18.3 Å². The first-order chi connectivity index (χ1) is 9.62. The van der Waals surface area contributed by atoms with E-state index in [4.69, 9.17) is 16.0 Å². The van der Waals surface area contributed by atoms with Crippen molar-refractivity contribution in [1.82, 2.24) is 0 Å². The van der Waals surface area contributed by atoms with Gasteiger partial charge in [-0.05, 0) is 33.6 Å². The molecule has 1 aromatic heterocycles. The van der Waals surface area contributed by atoms with Crippen molar-refractivity contribution in [3.63, 3.8) is 0 Å². The van der Waals surface area contributed by atoms with Gasteiger partial charge in [0.2, 0.25) is 10.6 Å². The second-order valence-corrected chi connectivity index (χ2v) is 5.62. The molecule has 1 N–H and O–H groups in total. The Kier molecular flexibility index (Phi) is 4.17. The van der Waals surface area contributed by atoms with Crippen LogP contribution in [0.25, 0.3) is 11.1 Å². The molecule has 0 saturated carbocycles. The van der Waals surface area contributed by atoms with Crippen molar-refractivity contribution >= 4 is 33.4 Å². The normalized spacial score (nSPS) is 11.8. The Labute approximate surface area is 132 Å². The lowest BCUT2D eigenvalue weighted by Crippen LogP contribution is -2.09. The van der Waals surface area contributed by atoms with Crippen LogP contribution in [0.3, 0.4) is 0 Å². The van der Waals surface area contributed by atoms with Crippen molar-refractivity contribution in [3.8, 4) is 16.9 Å². The molecule has 0 atom stereocenters. The molecule has 2 rings (SSSR count). The SMILES string of the molecule is CN(C)c1oc(Br)c(O)c1-c1ccc(Cl)c(C(F)(F)F)c1. The number of rotatable bonds is 2. The molecule has 0 aliphatic heterocycles. The van der Waals surface area contributed by atoms with Gasteiger partial charge >= 0.3 is 6.18 Å². The van der Waals surface area contributed by atoms with Gasteiger partial charge in [-0.2, -0.15) is 13.2 Å². The second kappa shape index (κ2) is 5.46. The van der Waals surface area contributed by atoms with Crippen molar-refractivity contribution < 1.29 is 22.7 Å². The standard InChI is InChI=1S/C13H10BrClF3NO2/c1-19(2)12-9(10(20)11(14)21-12)6-3-4-8(15)7(5-6)13(16,17)18/h3-5,20H,1-2H3. The molecule has 1 aromatic carbocycles. The maximum atomic E-state index is 12.9. The zero-order valence-electron chi connectivity index (χ0n) is 10.9. The van der Waals surface area contributed by atoms with Crippen LogP contribution in [0, 0.1) is 0 Å². The quantitative estimate of drug-likeness (QED) is 0.778. The lowest BCUT2D eigenvalue weighted by molar-refractivity contribution is -0.137. The Morgan fingerprint density at radius 3 is 2.43 bits per heavy atom. The van der Waals surface area contributed by atoms with Crippen LogP contribution in [0.4, 0.5) is 19.1 Å². The predicted molar refractivity (Wildman–Crippen MR) is 77.8 cm³/mol. The molecule has 1 heterocycles. The van der Waals surface area contributed by atoms with Gasteiger partial charge in [0.05, 0.1) is 16.1 Å². The summed E-state index contributed by atoms with van der Waals surface area (Å²) in [5.41, 5.74) is -0.653. The third-order valence-electron chi connectivity index (χ3n) is 2.79. The number of aromatic hydroxyl groups is 1. The van der Waals surface area contributed by atoms with E-state index < -0.39 is 16.8 Å². The van der Waals surface area contributed by atoms with Gasteiger partial charge in [-0.15, -0.1) is 0 Å². The van der Waals surface area contributed by atoms with E-state index in [1.54, 1.807) is 19.0 Å². The third kappa shape index (κ3) is 2.98. The smallest absolute Gasteiger partial charge is 0.417 e. The Bertz CT molecular complexity index is 683. The average Bonchev–Trinajstić information content (AvgIpc) is 2.66. The maximum absolute atomic E-state index is 12.9. The van der Waals surface area contributed by atoms with Gasteiger partial charge in [0.1, 0.15) is 0 Å². The number of anilines is 1. The van der Waals surface area contributed by atoms with Crippen LogP contribution in [-0.4, -0.2) is 19.2 Å². The Balaban J connectivity index is 2.69. The van der Waals surface area contributed by atoms with Gasteiger partial charge in [0.25, 0.3) is 0 Å². The van der Waals surface area contributed by atoms with Crippen LogP contribution in [0.5, 0.6) is 5.75 Å². The van der Waals surface area contributed by atoms with Crippen molar-refractivity contribution in [2.45, 2.75) is 6.18 Å². The van der Waals surface area contributed by atoms with Crippen molar-refractivity contribution in [2.75, 3.05) is 19.0 Å². The fourth-order valence-corrected chi connectivity index (χ4v) is 2.43. The Hall–Kier alpha value is -1.34. The van der Waals surface area contributed by atoms with Crippen molar-refractivity contribution in [3.05, 3.63) is 33.5 Å². The highest BCUT2D eigenvalue weighted by Gasteiger charge is 2.34. The zero-order valence-corrected chi connectivity index (χ0v) is 13.3. The van der Waals surface area contributed by atoms with Crippen LogP contribution in [-0.2, 0) is 6.18 Å². The molecular weight excluding hydrogens is 374 g/mol. The van der Waals surface area contributed by atoms with E-state index in [-0.39, 0.29) is 27.4 Å². The monoisotopic (exact) mass is 383 g/mol. The van der Waals surface area contributed by atoms with E-state index >= 15 is 0 Å². The summed E-state index contributed by atoms with van der Waals surface area (Å²) in [6, 6.07) is 3.41. The van der Waals surface area contributed by atoms with E-state index in [0.29, 0.717) is 0 Å². The zero-order chi connectivity index (χ0) is 15.9. The minimum atomic E-state index is -4.58. The molecule has 3 nitrogen and oxygen atoms in total. The first-order valence-electron chi connectivity index (χ1n) is 5.68. The number of hydrogen-bond acceptors (Lipinski definition) is 3. The second-order valence-electron chi connectivity index (χ2n) is 4.49. The van der Waals surface area contributed by atoms with Gasteiger partial charge in [-0.25, -0.2) is 0 Å². The fraction of sp³-hybridized carbons (Fsp3) is 0.231. The summed E-state index contributed by atoms with van der Waals surface area (Å²) in [5.74, 6) is -0.0380. The van der Waals surface area contributed by atoms with E-state index in [0.717, 1.165) is 12.1 Å². The summed E-state index contributed by atoms with van der Waals surface area (Å²) in [6.07, 6.45) is -4.58. The van der Waals surface area contributed by atoms with E-state index in [1.165, 1.54) is 6.07 Å². The average molecular weight is 385 g/mol. The van der Waals surface area contributed by atoms with Gasteiger partial charge in [0, 0.05) is 14.1 Å². The predicted octanol–water partition coefficient (Wildman–Crippen LogP) is 5.15. The number of furan rings is 1. The molecule has 0 aliphatic carbocycles. The molecule has 0 unspecified atom stereocenters. The molecule has 21 heavy (non-hydrogen) atoms. The minimum Gasteiger partial charge on any atom is -0.503 e. The number of hydrogen-bond donors (Lipinski definition) is 1. The van der Waals surface area contributed by atoms with E-state index in [2.05, 4.69) is 15.9 Å². The van der Waals surface area contributed by atoms with Gasteiger partial charge < -0.3 is 14.4 Å². The Morgan fingerprint density at radius 2 is 1.90 bits per heavy atom. The number of halogens is 5. The highest BCUT2D eigenvalue weighted by atomic mass is 79.9. The highest BCUT2D eigenvalue weighted by molar-refractivity contribution is 9.10. The Morgan fingerprint density at radius 1 is 1.29 bits per heavy atom. The first-order valence-corrected chi connectivity index (χ1v) is 6.85. The highest BCUT2D eigenvalue weighted by Crippen LogP contribution is 2.47.